The minimum absolute atomic E-state index is 0.202. The van der Waals surface area contributed by atoms with Gasteiger partial charge < -0.3 is 9.73 Å². The smallest absolute Gasteiger partial charge is 0.246 e. The van der Waals surface area contributed by atoms with Crippen molar-refractivity contribution < 1.29 is 13.6 Å². The lowest BCUT2D eigenvalue weighted by atomic mass is 10.0. The molecule has 1 heterocycles. The van der Waals surface area contributed by atoms with Crippen molar-refractivity contribution >= 4 is 22.6 Å². The Morgan fingerprint density at radius 1 is 0.931 bits per heavy atom. The van der Waals surface area contributed by atoms with Crippen LogP contribution in [0.5, 0.6) is 0 Å². The molecule has 0 saturated carbocycles. The quantitative estimate of drug-likeness (QED) is 0.452. The van der Waals surface area contributed by atoms with E-state index in [1.807, 2.05) is 67.6 Å². The molecule has 0 spiro atoms. The zero-order valence-electron chi connectivity index (χ0n) is 15.9. The number of hydrogen-bond donors (Lipinski definition) is 2. The van der Waals surface area contributed by atoms with Crippen molar-refractivity contribution in [1.29, 1.82) is 0 Å². The Kier molecular flexibility index (Phi) is 5.40. The van der Waals surface area contributed by atoms with E-state index in [2.05, 4.69) is 10.6 Å². The van der Waals surface area contributed by atoms with E-state index < -0.39 is 6.04 Å². The maximum atomic E-state index is 13.2. The average molecular weight is 388 g/mol. The first-order valence-corrected chi connectivity index (χ1v) is 9.46. The normalized spacial score (nSPS) is 13.2. The maximum absolute atomic E-state index is 13.2. The summed E-state index contributed by atoms with van der Waals surface area (Å²) in [5.74, 6) is 0.173. The predicted molar refractivity (Wildman–Crippen MR) is 112 cm³/mol. The van der Waals surface area contributed by atoms with Gasteiger partial charge in [-0.25, -0.2) is 4.39 Å². The number of rotatable bonds is 6. The van der Waals surface area contributed by atoms with E-state index in [0.29, 0.717) is 5.69 Å². The SMILES string of the molecule is C[C@H](N[C@H](C(=O)Nc1ccc(F)cc1)c1ccccc1)c1cc2ccccc2o1. The Balaban J connectivity index is 1.58. The van der Waals surface area contributed by atoms with E-state index in [9.17, 15) is 9.18 Å². The molecule has 4 nitrogen and oxygen atoms in total. The van der Waals surface area contributed by atoms with Crippen LogP contribution in [0.4, 0.5) is 10.1 Å². The van der Waals surface area contributed by atoms with Crippen LogP contribution in [0, 0.1) is 5.82 Å². The lowest BCUT2D eigenvalue weighted by Crippen LogP contribution is -2.34. The summed E-state index contributed by atoms with van der Waals surface area (Å²) in [6.45, 7) is 1.96. The van der Waals surface area contributed by atoms with Crippen molar-refractivity contribution in [3.8, 4) is 0 Å². The van der Waals surface area contributed by atoms with Crippen LogP contribution in [0.25, 0.3) is 11.0 Å². The second kappa shape index (κ2) is 8.29. The van der Waals surface area contributed by atoms with E-state index in [4.69, 9.17) is 4.42 Å². The largest absolute Gasteiger partial charge is 0.459 e. The Bertz CT molecular complexity index is 1070. The summed E-state index contributed by atoms with van der Waals surface area (Å²) in [4.78, 5) is 13.0. The number of hydrogen-bond acceptors (Lipinski definition) is 3. The van der Waals surface area contributed by atoms with Gasteiger partial charge in [-0.1, -0.05) is 48.5 Å². The summed E-state index contributed by atoms with van der Waals surface area (Å²) < 4.78 is 19.1. The molecule has 3 aromatic carbocycles. The highest BCUT2D eigenvalue weighted by molar-refractivity contribution is 5.95. The van der Waals surface area contributed by atoms with Crippen molar-refractivity contribution in [2.45, 2.75) is 19.0 Å². The number of furan rings is 1. The summed E-state index contributed by atoms with van der Waals surface area (Å²) in [7, 11) is 0. The zero-order chi connectivity index (χ0) is 20.2. The second-order valence-electron chi connectivity index (χ2n) is 6.91. The molecule has 0 aliphatic rings. The Morgan fingerprint density at radius 2 is 1.62 bits per heavy atom. The molecule has 1 amide bonds. The van der Waals surface area contributed by atoms with Crippen molar-refractivity contribution in [2.75, 3.05) is 5.32 Å². The number of amides is 1. The molecular formula is C24H21FN2O2. The predicted octanol–water partition coefficient (Wildman–Crippen LogP) is 5.60. The fourth-order valence-electron chi connectivity index (χ4n) is 3.26. The fourth-order valence-corrected chi connectivity index (χ4v) is 3.26. The average Bonchev–Trinajstić information content (AvgIpc) is 3.18. The second-order valence-corrected chi connectivity index (χ2v) is 6.91. The number of nitrogens with one attached hydrogen (secondary N) is 2. The summed E-state index contributed by atoms with van der Waals surface area (Å²) in [5, 5.41) is 7.23. The number of halogens is 1. The van der Waals surface area contributed by atoms with E-state index in [-0.39, 0.29) is 17.8 Å². The van der Waals surface area contributed by atoms with E-state index >= 15 is 0 Å². The first kappa shape index (κ1) is 18.9. The van der Waals surface area contributed by atoms with Gasteiger partial charge in [0.1, 0.15) is 23.2 Å². The molecule has 0 fully saturated rings. The highest BCUT2D eigenvalue weighted by atomic mass is 19.1. The molecule has 0 unspecified atom stereocenters. The molecule has 4 rings (SSSR count). The monoisotopic (exact) mass is 388 g/mol. The number of anilines is 1. The van der Waals surface area contributed by atoms with Gasteiger partial charge in [-0.15, -0.1) is 0 Å². The van der Waals surface area contributed by atoms with E-state index in [1.165, 1.54) is 24.3 Å². The molecular weight excluding hydrogens is 367 g/mol. The standard InChI is InChI=1S/C24H21FN2O2/c1-16(22-15-18-9-5-6-10-21(18)29-22)26-23(17-7-3-2-4-8-17)24(28)27-20-13-11-19(25)12-14-20/h2-16,23,26H,1H3,(H,27,28)/t16-,23-/m0/s1. The van der Waals surface area contributed by atoms with E-state index in [1.54, 1.807) is 0 Å². The first-order valence-electron chi connectivity index (χ1n) is 9.46. The van der Waals surface area contributed by atoms with Gasteiger partial charge in [0.15, 0.2) is 0 Å². The Labute approximate surface area is 168 Å². The van der Waals surface area contributed by atoms with Crippen LogP contribution in [-0.4, -0.2) is 5.91 Å². The zero-order valence-corrected chi connectivity index (χ0v) is 15.9. The third-order valence-corrected chi connectivity index (χ3v) is 4.79. The van der Waals surface area contributed by atoms with Crippen LogP contribution in [-0.2, 0) is 4.79 Å². The molecule has 0 aliphatic carbocycles. The molecule has 0 bridgehead atoms. The molecule has 1 aromatic heterocycles. The lowest BCUT2D eigenvalue weighted by molar-refractivity contribution is -0.118. The highest BCUT2D eigenvalue weighted by Crippen LogP contribution is 2.26. The Morgan fingerprint density at radius 3 is 2.34 bits per heavy atom. The van der Waals surface area contributed by atoms with Crippen molar-refractivity contribution in [2.24, 2.45) is 0 Å². The Hall–Kier alpha value is -3.44. The molecule has 0 radical (unpaired) electrons. The maximum Gasteiger partial charge on any atom is 0.246 e. The summed E-state index contributed by atoms with van der Waals surface area (Å²) >= 11 is 0. The number of fused-ring (bicyclic) bond motifs is 1. The fraction of sp³-hybridized carbons (Fsp3) is 0.125. The third kappa shape index (κ3) is 4.36. The van der Waals surface area contributed by atoms with Crippen LogP contribution in [0.2, 0.25) is 0 Å². The minimum atomic E-state index is -0.607. The molecule has 2 atom stereocenters. The highest BCUT2D eigenvalue weighted by Gasteiger charge is 2.24. The van der Waals surface area contributed by atoms with Crippen LogP contribution in [0.3, 0.4) is 0 Å². The van der Waals surface area contributed by atoms with Crippen molar-refractivity contribution in [3.63, 3.8) is 0 Å². The van der Waals surface area contributed by atoms with Gasteiger partial charge in [0.05, 0.1) is 6.04 Å². The topological polar surface area (TPSA) is 54.3 Å². The molecule has 0 saturated heterocycles. The molecule has 5 heteroatoms. The number of carbonyl (C=O) groups excluding carboxylic acids is 1. The molecule has 4 aromatic rings. The molecule has 2 N–H and O–H groups in total. The number of benzene rings is 3. The van der Waals surface area contributed by atoms with Crippen molar-refractivity contribution in [1.82, 2.24) is 5.32 Å². The summed E-state index contributed by atoms with van der Waals surface area (Å²) in [6, 6.07) is 24.2. The van der Waals surface area contributed by atoms with Gasteiger partial charge in [0.25, 0.3) is 0 Å². The number of carbonyl (C=O) groups is 1. The molecule has 0 aliphatic heterocycles. The molecule has 146 valence electrons. The van der Waals surface area contributed by atoms with Crippen molar-refractivity contribution in [3.05, 3.63) is 102 Å². The van der Waals surface area contributed by atoms with Gasteiger partial charge in [0, 0.05) is 11.1 Å². The summed E-state index contributed by atoms with van der Waals surface area (Å²) in [6.07, 6.45) is 0. The van der Waals surface area contributed by atoms with Crippen LogP contribution < -0.4 is 10.6 Å². The van der Waals surface area contributed by atoms with E-state index in [0.717, 1.165) is 22.3 Å². The van der Waals surface area contributed by atoms with Gasteiger partial charge in [-0.3, -0.25) is 10.1 Å². The van der Waals surface area contributed by atoms with Crippen LogP contribution in [0.15, 0.2) is 89.3 Å². The number of para-hydroxylation sites is 1. The van der Waals surface area contributed by atoms with Gasteiger partial charge in [-0.2, -0.15) is 0 Å². The van der Waals surface area contributed by atoms with Gasteiger partial charge >= 0.3 is 0 Å². The molecule has 29 heavy (non-hydrogen) atoms. The minimum Gasteiger partial charge on any atom is -0.459 e. The van der Waals surface area contributed by atoms with Crippen LogP contribution in [0.1, 0.15) is 30.3 Å². The van der Waals surface area contributed by atoms with Gasteiger partial charge in [-0.05, 0) is 48.9 Å². The lowest BCUT2D eigenvalue weighted by Gasteiger charge is -2.22. The summed E-state index contributed by atoms with van der Waals surface area (Å²) in [5.41, 5.74) is 2.17. The van der Waals surface area contributed by atoms with Crippen LogP contribution >= 0.6 is 0 Å². The third-order valence-electron chi connectivity index (χ3n) is 4.79. The first-order chi connectivity index (χ1) is 14.1. The van der Waals surface area contributed by atoms with Gasteiger partial charge in [0.2, 0.25) is 5.91 Å².